The number of ether oxygens (including phenoxy) is 1. The van der Waals surface area contributed by atoms with Crippen LogP contribution in [0.3, 0.4) is 0 Å². The van der Waals surface area contributed by atoms with Crippen molar-refractivity contribution in [3.05, 3.63) is 11.5 Å². The molecule has 0 fully saturated rings. The van der Waals surface area contributed by atoms with Gasteiger partial charge in [-0.1, -0.05) is 13.8 Å². The zero-order chi connectivity index (χ0) is 11.4. The van der Waals surface area contributed by atoms with Gasteiger partial charge in [0, 0.05) is 13.0 Å². The normalized spacial score (nSPS) is 10.3. The minimum atomic E-state index is -1.57. The quantitative estimate of drug-likeness (QED) is 0.693. The molecule has 1 heterocycles. The van der Waals surface area contributed by atoms with E-state index < -0.39 is 6.16 Å². The molecule has 1 aromatic rings. The molecule has 0 unspecified atom stereocenters. The highest BCUT2D eigenvalue weighted by Gasteiger charge is 2.11. The number of nitrogens with zero attached hydrogens (tertiary/aromatic N) is 2. The van der Waals surface area contributed by atoms with Crippen LogP contribution in [0.15, 0.2) is 0 Å². The molecule has 0 aromatic carbocycles. The van der Waals surface area contributed by atoms with E-state index in [1.807, 2.05) is 11.5 Å². The summed E-state index contributed by atoms with van der Waals surface area (Å²) in [7, 11) is 0. The first-order valence-electron chi connectivity index (χ1n) is 5.04. The van der Waals surface area contributed by atoms with Crippen LogP contribution in [0.4, 0.5) is 4.79 Å². The van der Waals surface area contributed by atoms with Gasteiger partial charge in [-0.15, -0.1) is 0 Å². The average molecular weight is 211 g/mol. The van der Waals surface area contributed by atoms with Crippen LogP contribution in [0, 0.1) is 6.92 Å². The fourth-order valence-electron chi connectivity index (χ4n) is 1.53. The Kier molecular flexibility index (Phi) is 3.71. The van der Waals surface area contributed by atoms with Crippen molar-refractivity contribution in [2.75, 3.05) is 0 Å². The van der Waals surface area contributed by atoms with Crippen molar-refractivity contribution >= 4 is 6.16 Å². The number of carbonyl (C=O) groups is 1. The maximum atomic E-state index is 10.3. The summed E-state index contributed by atoms with van der Waals surface area (Å²) in [5, 5.41) is 10.3. The third-order valence-electron chi connectivity index (χ3n) is 2.20. The van der Waals surface area contributed by atoms with Crippen LogP contribution in [-0.4, -0.2) is 15.7 Å². The van der Waals surface area contributed by atoms with Gasteiger partial charge in [0.1, 0.15) is 5.82 Å². The minimum Gasteiger partial charge on any atom is -0.495 e. The molecule has 5 heteroatoms. The number of rotatable bonds is 4. The lowest BCUT2D eigenvalue weighted by molar-refractivity contribution is -0.271. The van der Waals surface area contributed by atoms with Crippen molar-refractivity contribution in [1.82, 2.24) is 9.55 Å². The van der Waals surface area contributed by atoms with Crippen LogP contribution < -0.4 is 9.84 Å². The Balaban J connectivity index is 3.03. The summed E-state index contributed by atoms with van der Waals surface area (Å²) in [6.45, 7) is 6.63. The standard InChI is InChI=1S/C10H16N2O3/c1-4-6-12-7(3)9(15-10(13)14)11-8(12)5-2/h4-6H2,1-3H3,(H,13,14)/p-1. The second kappa shape index (κ2) is 4.82. The Bertz CT molecular complexity index is 358. The van der Waals surface area contributed by atoms with E-state index in [4.69, 9.17) is 0 Å². The monoisotopic (exact) mass is 211 g/mol. The fraction of sp³-hybridized carbons (Fsp3) is 0.600. The highest BCUT2D eigenvalue weighted by Crippen LogP contribution is 2.19. The molecule has 0 amide bonds. The molecule has 84 valence electrons. The van der Waals surface area contributed by atoms with Gasteiger partial charge in [0.15, 0.2) is 5.88 Å². The third kappa shape index (κ3) is 2.49. The number of aryl methyl sites for hydroxylation is 1. The number of carbonyl (C=O) groups excluding carboxylic acids is 1. The average Bonchev–Trinajstić information content (AvgIpc) is 2.46. The van der Waals surface area contributed by atoms with Crippen molar-refractivity contribution in [3.63, 3.8) is 0 Å². The zero-order valence-corrected chi connectivity index (χ0v) is 9.24. The molecule has 0 saturated heterocycles. The van der Waals surface area contributed by atoms with Crippen LogP contribution in [0.2, 0.25) is 0 Å². The summed E-state index contributed by atoms with van der Waals surface area (Å²) in [4.78, 5) is 14.4. The molecule has 0 spiro atoms. The minimum absolute atomic E-state index is 0.139. The van der Waals surface area contributed by atoms with E-state index in [2.05, 4.69) is 16.6 Å². The highest BCUT2D eigenvalue weighted by atomic mass is 16.7. The first-order valence-corrected chi connectivity index (χ1v) is 5.04. The van der Waals surface area contributed by atoms with Gasteiger partial charge in [-0.25, -0.2) is 4.98 Å². The summed E-state index contributed by atoms with van der Waals surface area (Å²) in [6, 6.07) is 0. The molecule has 0 N–H and O–H groups in total. The molecule has 0 bridgehead atoms. The van der Waals surface area contributed by atoms with E-state index in [0.717, 1.165) is 30.9 Å². The fourth-order valence-corrected chi connectivity index (χ4v) is 1.53. The Morgan fingerprint density at radius 1 is 1.53 bits per heavy atom. The van der Waals surface area contributed by atoms with Gasteiger partial charge in [-0.2, -0.15) is 0 Å². The number of hydrogen-bond donors (Lipinski definition) is 0. The molecule has 15 heavy (non-hydrogen) atoms. The van der Waals surface area contributed by atoms with E-state index in [0.29, 0.717) is 0 Å². The van der Waals surface area contributed by atoms with Crippen molar-refractivity contribution in [3.8, 4) is 5.88 Å². The summed E-state index contributed by atoms with van der Waals surface area (Å²) in [5.41, 5.74) is 0.734. The van der Waals surface area contributed by atoms with Crippen molar-refractivity contribution < 1.29 is 14.6 Å². The molecule has 0 aliphatic rings. The molecule has 0 saturated carbocycles. The molecular formula is C10H15N2O3-. The van der Waals surface area contributed by atoms with Gasteiger partial charge in [0.25, 0.3) is 6.16 Å². The molecule has 5 nitrogen and oxygen atoms in total. The third-order valence-corrected chi connectivity index (χ3v) is 2.20. The molecule has 1 rings (SSSR count). The summed E-state index contributed by atoms with van der Waals surface area (Å²) >= 11 is 0. The highest BCUT2D eigenvalue weighted by molar-refractivity contribution is 5.58. The predicted octanol–water partition coefficient (Wildman–Crippen LogP) is 0.886. The number of hydrogen-bond acceptors (Lipinski definition) is 4. The first-order chi connectivity index (χ1) is 7.10. The van der Waals surface area contributed by atoms with Gasteiger partial charge < -0.3 is 19.2 Å². The Hall–Kier alpha value is -1.52. The Labute approximate surface area is 88.7 Å². The summed E-state index contributed by atoms with van der Waals surface area (Å²) in [6.07, 6.45) is 0.147. The van der Waals surface area contributed by atoms with Gasteiger partial charge in [0.2, 0.25) is 0 Å². The molecule has 0 atom stereocenters. The number of aromatic nitrogens is 2. The lowest BCUT2D eigenvalue weighted by Crippen LogP contribution is -2.26. The SMILES string of the molecule is CCCn1c(CC)nc(OC(=O)[O-])c1C. The van der Waals surface area contributed by atoms with Crippen molar-refractivity contribution in [2.24, 2.45) is 0 Å². The van der Waals surface area contributed by atoms with Crippen LogP contribution in [0.5, 0.6) is 5.88 Å². The van der Waals surface area contributed by atoms with Gasteiger partial charge in [-0.05, 0) is 13.3 Å². The van der Waals surface area contributed by atoms with Crippen LogP contribution in [0.1, 0.15) is 31.8 Å². The maximum Gasteiger partial charge on any atom is 0.258 e. The van der Waals surface area contributed by atoms with E-state index in [9.17, 15) is 9.90 Å². The van der Waals surface area contributed by atoms with Crippen molar-refractivity contribution in [1.29, 1.82) is 0 Å². The summed E-state index contributed by atoms with van der Waals surface area (Å²) in [5.74, 6) is 0.978. The Morgan fingerprint density at radius 2 is 2.20 bits per heavy atom. The zero-order valence-electron chi connectivity index (χ0n) is 9.24. The maximum absolute atomic E-state index is 10.3. The molecule has 0 aliphatic heterocycles. The topological polar surface area (TPSA) is 67.2 Å². The van der Waals surface area contributed by atoms with Crippen LogP contribution in [-0.2, 0) is 13.0 Å². The number of carboxylic acid groups (broad SMARTS) is 1. The lowest BCUT2D eigenvalue weighted by Gasteiger charge is -2.08. The lowest BCUT2D eigenvalue weighted by atomic mass is 10.4. The van der Waals surface area contributed by atoms with Gasteiger partial charge >= 0.3 is 0 Å². The van der Waals surface area contributed by atoms with E-state index in [1.54, 1.807) is 6.92 Å². The first kappa shape index (κ1) is 11.6. The van der Waals surface area contributed by atoms with E-state index >= 15 is 0 Å². The Morgan fingerprint density at radius 3 is 2.67 bits per heavy atom. The van der Waals surface area contributed by atoms with Gasteiger partial charge in [-0.3, -0.25) is 0 Å². The van der Waals surface area contributed by atoms with Crippen molar-refractivity contribution in [2.45, 2.75) is 40.2 Å². The van der Waals surface area contributed by atoms with Crippen LogP contribution in [0.25, 0.3) is 0 Å². The molecule has 0 radical (unpaired) electrons. The molecule has 1 aromatic heterocycles. The smallest absolute Gasteiger partial charge is 0.258 e. The molecular weight excluding hydrogens is 196 g/mol. The summed E-state index contributed by atoms with van der Waals surface area (Å²) < 4.78 is 6.46. The van der Waals surface area contributed by atoms with Crippen LogP contribution >= 0.6 is 0 Å². The number of imidazole rings is 1. The van der Waals surface area contributed by atoms with E-state index in [1.165, 1.54) is 0 Å². The van der Waals surface area contributed by atoms with Gasteiger partial charge in [0.05, 0.1) is 5.69 Å². The second-order valence-electron chi connectivity index (χ2n) is 3.28. The second-order valence-corrected chi connectivity index (χ2v) is 3.28. The molecule has 0 aliphatic carbocycles. The largest absolute Gasteiger partial charge is 0.495 e. The van der Waals surface area contributed by atoms with E-state index in [-0.39, 0.29) is 5.88 Å². The predicted molar refractivity (Wildman–Crippen MR) is 52.7 cm³/mol.